The van der Waals surface area contributed by atoms with Crippen LogP contribution >= 0.6 is 0 Å². The summed E-state index contributed by atoms with van der Waals surface area (Å²) in [6.45, 7) is 0. The second kappa shape index (κ2) is 2.96. The lowest BCUT2D eigenvalue weighted by Crippen LogP contribution is -2.17. The van der Waals surface area contributed by atoms with Gasteiger partial charge < -0.3 is 5.73 Å². The van der Waals surface area contributed by atoms with Gasteiger partial charge in [-0.3, -0.25) is 0 Å². The molecule has 1 saturated carbocycles. The smallest absolute Gasteiger partial charge is 0.123 e. The summed E-state index contributed by atoms with van der Waals surface area (Å²) in [4.78, 5) is 0. The fourth-order valence-electron chi connectivity index (χ4n) is 1.18. The number of hydrogen-bond donors (Lipinski definition) is 1. The zero-order valence-corrected chi connectivity index (χ0v) is 7.33. The highest BCUT2D eigenvalue weighted by Crippen LogP contribution is 2.33. The highest BCUT2D eigenvalue weighted by molar-refractivity contribution is 5.51. The van der Waals surface area contributed by atoms with Crippen molar-refractivity contribution in [2.75, 3.05) is 0 Å². The Bertz CT molecular complexity index is 340. The van der Waals surface area contributed by atoms with Gasteiger partial charge >= 0.3 is 0 Å². The lowest BCUT2D eigenvalue weighted by molar-refractivity contribution is 0.627. The second-order valence-corrected chi connectivity index (χ2v) is 3.62. The predicted molar refractivity (Wildman–Crippen MR) is 51.6 cm³/mol. The van der Waals surface area contributed by atoms with Gasteiger partial charge in [-0.05, 0) is 30.5 Å². The molecule has 0 amide bonds. The summed E-state index contributed by atoms with van der Waals surface area (Å²) in [6, 6.07) is 6.51. The van der Waals surface area contributed by atoms with Gasteiger partial charge in [0.1, 0.15) is 5.82 Å². The lowest BCUT2D eigenvalue weighted by Gasteiger charge is -1.99. The number of nitrogens with two attached hydrogens (primary N) is 1. The molecule has 1 aliphatic carbocycles. The second-order valence-electron chi connectivity index (χ2n) is 3.62. The predicted octanol–water partition coefficient (Wildman–Crippen LogP) is 2.33. The summed E-state index contributed by atoms with van der Waals surface area (Å²) >= 11 is 0. The van der Waals surface area contributed by atoms with E-state index in [1.54, 1.807) is 6.07 Å². The Morgan fingerprint density at radius 3 is 2.77 bits per heavy atom. The maximum atomic E-state index is 12.7. The first-order chi connectivity index (χ1) is 6.18. The van der Waals surface area contributed by atoms with Crippen molar-refractivity contribution in [1.82, 2.24) is 0 Å². The van der Waals surface area contributed by atoms with Crippen molar-refractivity contribution in [2.24, 2.45) is 5.73 Å². The Morgan fingerprint density at radius 2 is 2.15 bits per heavy atom. The van der Waals surface area contributed by atoms with Gasteiger partial charge in [-0.25, -0.2) is 4.39 Å². The van der Waals surface area contributed by atoms with Crippen LogP contribution in [0.4, 0.5) is 4.39 Å². The molecule has 0 heterocycles. The third-order valence-electron chi connectivity index (χ3n) is 2.28. The van der Waals surface area contributed by atoms with Crippen LogP contribution in [-0.2, 0) is 0 Å². The molecule has 2 N–H and O–H groups in total. The molecule has 1 fully saturated rings. The molecule has 0 saturated heterocycles. The lowest BCUT2D eigenvalue weighted by atomic mass is 10.1. The Labute approximate surface area is 77.1 Å². The molecule has 2 rings (SSSR count). The highest BCUT2D eigenvalue weighted by atomic mass is 19.1. The maximum Gasteiger partial charge on any atom is 0.123 e. The van der Waals surface area contributed by atoms with E-state index in [0.29, 0.717) is 0 Å². The van der Waals surface area contributed by atoms with Gasteiger partial charge in [-0.1, -0.05) is 24.3 Å². The monoisotopic (exact) mass is 177 g/mol. The van der Waals surface area contributed by atoms with Gasteiger partial charge in [0.15, 0.2) is 0 Å². The SMILES string of the molecule is NC1(/C=C/c2cccc(F)c2)CC1. The third-order valence-corrected chi connectivity index (χ3v) is 2.28. The highest BCUT2D eigenvalue weighted by Gasteiger charge is 2.34. The van der Waals surface area contributed by atoms with E-state index in [1.165, 1.54) is 12.1 Å². The molecular weight excluding hydrogens is 165 g/mol. The molecule has 1 nitrogen and oxygen atoms in total. The topological polar surface area (TPSA) is 26.0 Å². The minimum absolute atomic E-state index is 0.105. The molecule has 0 radical (unpaired) electrons. The molecule has 0 spiro atoms. The van der Waals surface area contributed by atoms with E-state index < -0.39 is 0 Å². The van der Waals surface area contributed by atoms with Crippen molar-refractivity contribution in [3.8, 4) is 0 Å². The molecule has 1 aromatic carbocycles. The van der Waals surface area contributed by atoms with E-state index in [0.717, 1.165) is 18.4 Å². The first-order valence-electron chi connectivity index (χ1n) is 4.42. The third kappa shape index (κ3) is 2.16. The van der Waals surface area contributed by atoms with E-state index in [4.69, 9.17) is 5.73 Å². The largest absolute Gasteiger partial charge is 0.322 e. The summed E-state index contributed by atoms with van der Waals surface area (Å²) < 4.78 is 12.7. The molecule has 68 valence electrons. The van der Waals surface area contributed by atoms with Gasteiger partial charge in [0.2, 0.25) is 0 Å². The number of benzene rings is 1. The van der Waals surface area contributed by atoms with Crippen molar-refractivity contribution < 1.29 is 4.39 Å². The average molecular weight is 177 g/mol. The van der Waals surface area contributed by atoms with Crippen LogP contribution in [-0.4, -0.2) is 5.54 Å². The minimum Gasteiger partial charge on any atom is -0.322 e. The van der Waals surface area contributed by atoms with Crippen LogP contribution in [0.1, 0.15) is 18.4 Å². The Balaban J connectivity index is 2.13. The van der Waals surface area contributed by atoms with Crippen LogP contribution in [0.2, 0.25) is 0 Å². The standard InChI is InChI=1S/C11H12FN/c12-10-3-1-2-9(8-10)4-5-11(13)6-7-11/h1-5,8H,6-7,13H2/b5-4+. The van der Waals surface area contributed by atoms with E-state index in [-0.39, 0.29) is 11.4 Å². The van der Waals surface area contributed by atoms with Gasteiger partial charge in [-0.2, -0.15) is 0 Å². The molecule has 0 bridgehead atoms. The number of halogens is 1. The Hall–Kier alpha value is -1.15. The molecule has 1 aliphatic rings. The van der Waals surface area contributed by atoms with Crippen molar-refractivity contribution in [3.05, 3.63) is 41.7 Å². The number of hydrogen-bond acceptors (Lipinski definition) is 1. The van der Waals surface area contributed by atoms with E-state index in [2.05, 4.69) is 0 Å². The summed E-state index contributed by atoms with van der Waals surface area (Å²) in [7, 11) is 0. The molecule has 0 aliphatic heterocycles. The summed E-state index contributed by atoms with van der Waals surface area (Å²) in [6.07, 6.45) is 5.93. The van der Waals surface area contributed by atoms with E-state index in [1.807, 2.05) is 18.2 Å². The van der Waals surface area contributed by atoms with Crippen LogP contribution in [0, 0.1) is 5.82 Å². The van der Waals surface area contributed by atoms with Crippen LogP contribution in [0.5, 0.6) is 0 Å². The normalized spacial score (nSPS) is 19.2. The fraction of sp³-hybridized carbons (Fsp3) is 0.273. The molecule has 0 atom stereocenters. The summed E-state index contributed by atoms with van der Waals surface area (Å²) in [5, 5.41) is 0. The van der Waals surface area contributed by atoms with Crippen molar-refractivity contribution in [1.29, 1.82) is 0 Å². The average Bonchev–Trinajstić information content (AvgIpc) is 2.82. The van der Waals surface area contributed by atoms with Gasteiger partial charge in [0.25, 0.3) is 0 Å². The quantitative estimate of drug-likeness (QED) is 0.737. The molecule has 0 unspecified atom stereocenters. The Morgan fingerprint density at radius 1 is 1.38 bits per heavy atom. The van der Waals surface area contributed by atoms with Crippen molar-refractivity contribution in [3.63, 3.8) is 0 Å². The summed E-state index contributed by atoms with van der Waals surface area (Å²) in [5.41, 5.74) is 6.62. The molecular formula is C11H12FN. The zero-order chi connectivity index (χ0) is 9.31. The minimum atomic E-state index is -0.205. The van der Waals surface area contributed by atoms with Crippen molar-refractivity contribution in [2.45, 2.75) is 18.4 Å². The summed E-state index contributed by atoms with van der Waals surface area (Å²) in [5.74, 6) is -0.205. The molecule has 13 heavy (non-hydrogen) atoms. The van der Waals surface area contributed by atoms with Gasteiger partial charge in [-0.15, -0.1) is 0 Å². The molecule has 1 aromatic rings. The van der Waals surface area contributed by atoms with Crippen LogP contribution < -0.4 is 5.73 Å². The first-order valence-corrected chi connectivity index (χ1v) is 4.42. The maximum absolute atomic E-state index is 12.7. The molecule has 2 heteroatoms. The van der Waals surface area contributed by atoms with Gasteiger partial charge in [0, 0.05) is 5.54 Å². The Kier molecular flexibility index (Phi) is 1.93. The van der Waals surface area contributed by atoms with Crippen LogP contribution in [0.15, 0.2) is 30.3 Å². The first kappa shape index (κ1) is 8.45. The van der Waals surface area contributed by atoms with E-state index in [9.17, 15) is 4.39 Å². The van der Waals surface area contributed by atoms with Crippen LogP contribution in [0.25, 0.3) is 6.08 Å². The van der Waals surface area contributed by atoms with Gasteiger partial charge in [0.05, 0.1) is 0 Å². The zero-order valence-electron chi connectivity index (χ0n) is 7.33. The fourth-order valence-corrected chi connectivity index (χ4v) is 1.18. The van der Waals surface area contributed by atoms with Crippen LogP contribution in [0.3, 0.4) is 0 Å². The van der Waals surface area contributed by atoms with Crippen molar-refractivity contribution >= 4 is 6.08 Å². The van der Waals surface area contributed by atoms with E-state index >= 15 is 0 Å². The number of rotatable bonds is 2. The molecule has 0 aromatic heterocycles.